The average molecular weight is 185 g/mol. The van der Waals surface area contributed by atoms with Crippen LogP contribution in [0.5, 0.6) is 0 Å². The van der Waals surface area contributed by atoms with E-state index < -0.39 is 5.60 Å². The molecule has 68 valence electrons. The van der Waals surface area contributed by atoms with Crippen LogP contribution in [0.25, 0.3) is 0 Å². The minimum Gasteiger partial charge on any atom is -0.389 e. The molecule has 0 saturated heterocycles. The van der Waals surface area contributed by atoms with Gasteiger partial charge in [-0.2, -0.15) is 11.3 Å². The molecule has 0 bridgehead atoms. The molecule has 1 atom stereocenters. The van der Waals surface area contributed by atoms with E-state index in [0.29, 0.717) is 6.54 Å². The summed E-state index contributed by atoms with van der Waals surface area (Å²) in [6.07, 6.45) is 0.720. The minimum atomic E-state index is -0.629. The Kier molecular flexibility index (Phi) is 3.26. The fourth-order valence-electron chi connectivity index (χ4n) is 1.28. The summed E-state index contributed by atoms with van der Waals surface area (Å²) in [4.78, 5) is 0. The monoisotopic (exact) mass is 185 g/mol. The summed E-state index contributed by atoms with van der Waals surface area (Å²) >= 11 is 1.67. The number of hydrogen-bond acceptors (Lipinski definition) is 3. The normalized spacial score (nSPS) is 15.9. The molecule has 2 nitrogen and oxygen atoms in total. The highest BCUT2D eigenvalue weighted by Gasteiger charge is 2.19. The van der Waals surface area contributed by atoms with Crippen LogP contribution in [-0.4, -0.2) is 24.3 Å². The Morgan fingerprint density at radius 1 is 1.67 bits per heavy atom. The lowest BCUT2D eigenvalue weighted by atomic mass is 9.99. The van der Waals surface area contributed by atoms with Gasteiger partial charge in [-0.1, -0.05) is 0 Å². The minimum absolute atomic E-state index is 0.628. The average Bonchev–Trinajstić information content (AvgIpc) is 2.38. The Morgan fingerprint density at radius 3 is 2.92 bits per heavy atom. The molecule has 0 aliphatic rings. The lowest BCUT2D eigenvalue weighted by Gasteiger charge is -2.21. The lowest BCUT2D eigenvalue weighted by molar-refractivity contribution is 0.0623. The highest BCUT2D eigenvalue weighted by Crippen LogP contribution is 2.14. The summed E-state index contributed by atoms with van der Waals surface area (Å²) in [6.45, 7) is 2.48. The third kappa shape index (κ3) is 2.93. The molecule has 1 unspecified atom stereocenters. The van der Waals surface area contributed by atoms with Crippen LogP contribution in [-0.2, 0) is 6.42 Å². The molecule has 0 aromatic carbocycles. The first-order chi connectivity index (χ1) is 5.64. The van der Waals surface area contributed by atoms with Gasteiger partial charge in [0.1, 0.15) is 0 Å². The predicted molar refractivity (Wildman–Crippen MR) is 52.6 cm³/mol. The zero-order chi connectivity index (χ0) is 9.03. The van der Waals surface area contributed by atoms with Gasteiger partial charge in [-0.05, 0) is 36.4 Å². The topological polar surface area (TPSA) is 32.3 Å². The standard InChI is InChI=1S/C9H15NOS/c1-9(11,7-10-2)5-8-3-4-12-6-8/h3-4,6,10-11H,5,7H2,1-2H3. The zero-order valence-electron chi connectivity index (χ0n) is 7.50. The van der Waals surface area contributed by atoms with Crippen molar-refractivity contribution in [2.45, 2.75) is 18.9 Å². The quantitative estimate of drug-likeness (QED) is 0.740. The Hall–Kier alpha value is -0.380. The zero-order valence-corrected chi connectivity index (χ0v) is 8.32. The van der Waals surface area contributed by atoms with Crippen molar-refractivity contribution in [3.05, 3.63) is 22.4 Å². The van der Waals surface area contributed by atoms with Gasteiger partial charge in [0.25, 0.3) is 0 Å². The summed E-state index contributed by atoms with van der Waals surface area (Å²) in [5, 5.41) is 16.9. The third-order valence-corrected chi connectivity index (χ3v) is 2.45. The molecule has 1 aromatic rings. The van der Waals surface area contributed by atoms with Crippen molar-refractivity contribution in [3.8, 4) is 0 Å². The molecule has 1 rings (SSSR count). The van der Waals surface area contributed by atoms with Gasteiger partial charge in [0.05, 0.1) is 5.60 Å². The lowest BCUT2D eigenvalue weighted by Crippen LogP contribution is -2.38. The van der Waals surface area contributed by atoms with Gasteiger partial charge in [-0.15, -0.1) is 0 Å². The van der Waals surface area contributed by atoms with Gasteiger partial charge in [0, 0.05) is 13.0 Å². The fourth-order valence-corrected chi connectivity index (χ4v) is 1.94. The van der Waals surface area contributed by atoms with Crippen molar-refractivity contribution in [1.29, 1.82) is 0 Å². The number of hydrogen-bond donors (Lipinski definition) is 2. The Bertz CT molecular complexity index is 218. The number of nitrogens with one attached hydrogen (secondary N) is 1. The number of thiophene rings is 1. The van der Waals surface area contributed by atoms with Crippen molar-refractivity contribution < 1.29 is 5.11 Å². The second kappa shape index (κ2) is 4.03. The molecular formula is C9H15NOS. The highest BCUT2D eigenvalue weighted by atomic mass is 32.1. The van der Waals surface area contributed by atoms with E-state index in [-0.39, 0.29) is 0 Å². The Labute approximate surface area is 77.2 Å². The van der Waals surface area contributed by atoms with Crippen molar-refractivity contribution in [3.63, 3.8) is 0 Å². The number of aliphatic hydroxyl groups is 1. The highest BCUT2D eigenvalue weighted by molar-refractivity contribution is 7.07. The van der Waals surface area contributed by atoms with Crippen molar-refractivity contribution in [1.82, 2.24) is 5.32 Å². The van der Waals surface area contributed by atoms with Crippen molar-refractivity contribution >= 4 is 11.3 Å². The van der Waals surface area contributed by atoms with E-state index in [2.05, 4.69) is 16.8 Å². The van der Waals surface area contributed by atoms with Crippen molar-refractivity contribution in [2.24, 2.45) is 0 Å². The maximum absolute atomic E-state index is 9.83. The molecule has 0 aliphatic carbocycles. The maximum atomic E-state index is 9.83. The molecule has 1 heterocycles. The van der Waals surface area contributed by atoms with E-state index in [1.165, 1.54) is 5.56 Å². The van der Waals surface area contributed by atoms with Crippen LogP contribution in [0.1, 0.15) is 12.5 Å². The fraction of sp³-hybridized carbons (Fsp3) is 0.556. The van der Waals surface area contributed by atoms with E-state index in [0.717, 1.165) is 6.42 Å². The molecule has 3 heteroatoms. The van der Waals surface area contributed by atoms with Crippen LogP contribution in [0, 0.1) is 0 Å². The van der Waals surface area contributed by atoms with Gasteiger partial charge in [0.15, 0.2) is 0 Å². The molecule has 2 N–H and O–H groups in total. The molecule has 12 heavy (non-hydrogen) atoms. The van der Waals surface area contributed by atoms with E-state index >= 15 is 0 Å². The number of likely N-dealkylation sites (N-methyl/N-ethyl adjacent to an activating group) is 1. The van der Waals surface area contributed by atoms with Gasteiger partial charge in [-0.3, -0.25) is 0 Å². The summed E-state index contributed by atoms with van der Waals surface area (Å²) in [5.74, 6) is 0. The van der Waals surface area contributed by atoms with Gasteiger partial charge < -0.3 is 10.4 Å². The van der Waals surface area contributed by atoms with Gasteiger partial charge in [-0.25, -0.2) is 0 Å². The second-order valence-electron chi connectivity index (χ2n) is 3.34. The molecule has 0 spiro atoms. The molecule has 1 aromatic heterocycles. The Balaban J connectivity index is 2.50. The predicted octanol–water partition coefficient (Wildman–Crippen LogP) is 1.26. The first-order valence-electron chi connectivity index (χ1n) is 4.02. The number of rotatable bonds is 4. The van der Waals surface area contributed by atoms with Crippen LogP contribution in [0.2, 0.25) is 0 Å². The summed E-state index contributed by atoms with van der Waals surface area (Å²) in [5.41, 5.74) is 0.579. The van der Waals surface area contributed by atoms with Crippen LogP contribution < -0.4 is 5.32 Å². The summed E-state index contributed by atoms with van der Waals surface area (Å²) in [7, 11) is 1.85. The maximum Gasteiger partial charge on any atom is 0.0783 e. The molecule has 0 fully saturated rings. The second-order valence-corrected chi connectivity index (χ2v) is 4.12. The SMILES string of the molecule is CNCC(C)(O)Cc1ccsc1. The van der Waals surface area contributed by atoms with E-state index in [9.17, 15) is 5.11 Å². The molecule has 0 aliphatic heterocycles. The largest absolute Gasteiger partial charge is 0.389 e. The van der Waals surface area contributed by atoms with Crippen LogP contribution >= 0.6 is 11.3 Å². The van der Waals surface area contributed by atoms with Crippen LogP contribution in [0.15, 0.2) is 16.8 Å². The molecule has 0 saturated carbocycles. The molecule has 0 radical (unpaired) electrons. The summed E-state index contributed by atoms with van der Waals surface area (Å²) in [6, 6.07) is 2.05. The smallest absolute Gasteiger partial charge is 0.0783 e. The van der Waals surface area contributed by atoms with E-state index in [1.54, 1.807) is 11.3 Å². The van der Waals surface area contributed by atoms with Gasteiger partial charge >= 0.3 is 0 Å². The van der Waals surface area contributed by atoms with Crippen molar-refractivity contribution in [2.75, 3.05) is 13.6 Å². The van der Waals surface area contributed by atoms with Crippen LogP contribution in [0.4, 0.5) is 0 Å². The Morgan fingerprint density at radius 2 is 2.42 bits per heavy atom. The molecule has 0 amide bonds. The van der Waals surface area contributed by atoms with E-state index in [4.69, 9.17) is 0 Å². The molecular weight excluding hydrogens is 170 g/mol. The third-order valence-electron chi connectivity index (χ3n) is 1.72. The van der Waals surface area contributed by atoms with Crippen LogP contribution in [0.3, 0.4) is 0 Å². The van der Waals surface area contributed by atoms with E-state index in [1.807, 2.05) is 19.4 Å². The van der Waals surface area contributed by atoms with Gasteiger partial charge in [0.2, 0.25) is 0 Å². The first-order valence-corrected chi connectivity index (χ1v) is 4.96. The first kappa shape index (κ1) is 9.71. The summed E-state index contributed by atoms with van der Waals surface area (Å²) < 4.78 is 0.